The number of ketones is 1. The number of anilines is 1. The zero-order chi connectivity index (χ0) is 28.3. The highest BCUT2D eigenvalue weighted by Gasteiger charge is 2.66. The molecule has 1 spiro atoms. The smallest absolute Gasteiger partial charge is 0.237 e. The lowest BCUT2D eigenvalue weighted by atomic mass is 9.62. The molecule has 1 amide bonds. The van der Waals surface area contributed by atoms with E-state index >= 15 is 4.39 Å². The van der Waals surface area contributed by atoms with E-state index in [4.69, 9.17) is 11.6 Å². The molecule has 1 saturated carbocycles. The second-order valence-electron chi connectivity index (χ2n) is 13.2. The maximum absolute atomic E-state index is 15.6. The molecule has 0 unspecified atom stereocenters. The molecule has 0 aromatic heterocycles. The van der Waals surface area contributed by atoms with Gasteiger partial charge < -0.3 is 15.7 Å². The molecular weight excluding hydrogens is 522 g/mol. The van der Waals surface area contributed by atoms with Crippen molar-refractivity contribution in [2.24, 2.45) is 11.3 Å². The van der Waals surface area contributed by atoms with Crippen molar-refractivity contribution in [3.63, 3.8) is 0 Å². The van der Waals surface area contributed by atoms with Gasteiger partial charge in [0, 0.05) is 29.1 Å². The average molecular weight is 559 g/mol. The van der Waals surface area contributed by atoms with Gasteiger partial charge in [-0.2, -0.15) is 0 Å². The maximum atomic E-state index is 15.6. The molecule has 4 atom stereocenters. The number of carbonyl (C=O) groups excluding carboxylic acids is 2. The summed E-state index contributed by atoms with van der Waals surface area (Å²) in [5.74, 6) is -3.42. The summed E-state index contributed by atoms with van der Waals surface area (Å²) in [5, 5.41) is 17.3. The standard InChI is InChI=1S/C31H37ClF2N2O3/c1-29(2,3)16-24-31(20-9-8-18(32)15-22(20)35-28(31)38)25(19-6-5-7-21(33)26(19)34)27(36-24)23(37)14-17-10-12-30(4,39)13-11-17/h5-9,15,17,24-25,27,36,39H,10-14,16H2,1-4H3,(H,35,38)/t17?,24-,25-,27-,30?,31+/m0/s1. The van der Waals surface area contributed by atoms with E-state index in [9.17, 15) is 19.1 Å². The molecule has 3 N–H and O–H groups in total. The van der Waals surface area contributed by atoms with Crippen LogP contribution in [0.5, 0.6) is 0 Å². The summed E-state index contributed by atoms with van der Waals surface area (Å²) in [6, 6.07) is 7.68. The normalized spacial score (nSPS) is 32.4. The predicted molar refractivity (Wildman–Crippen MR) is 148 cm³/mol. The molecule has 0 radical (unpaired) electrons. The largest absolute Gasteiger partial charge is 0.390 e. The number of aliphatic hydroxyl groups is 1. The van der Waals surface area contributed by atoms with Gasteiger partial charge in [-0.25, -0.2) is 8.78 Å². The van der Waals surface area contributed by atoms with Crippen molar-refractivity contribution in [2.45, 2.75) is 95.2 Å². The van der Waals surface area contributed by atoms with Crippen LogP contribution >= 0.6 is 11.6 Å². The van der Waals surface area contributed by atoms with E-state index in [1.165, 1.54) is 12.1 Å². The summed E-state index contributed by atoms with van der Waals surface area (Å²) in [4.78, 5) is 28.2. The van der Waals surface area contributed by atoms with Crippen molar-refractivity contribution < 1.29 is 23.5 Å². The monoisotopic (exact) mass is 558 g/mol. The van der Waals surface area contributed by atoms with Crippen molar-refractivity contribution in [1.29, 1.82) is 0 Å². The van der Waals surface area contributed by atoms with Crippen LogP contribution in [0, 0.1) is 23.0 Å². The molecular formula is C31H37ClF2N2O3. The molecule has 2 aromatic rings. The van der Waals surface area contributed by atoms with Crippen molar-refractivity contribution in [3.8, 4) is 0 Å². The van der Waals surface area contributed by atoms with Crippen LogP contribution in [0.3, 0.4) is 0 Å². The molecule has 0 bridgehead atoms. The fraction of sp³-hybridized carbons (Fsp3) is 0.548. The van der Waals surface area contributed by atoms with Crippen LogP contribution < -0.4 is 10.6 Å². The second-order valence-corrected chi connectivity index (χ2v) is 13.6. The maximum Gasteiger partial charge on any atom is 0.237 e. The van der Waals surface area contributed by atoms with Crippen molar-refractivity contribution in [1.82, 2.24) is 5.32 Å². The Balaban J connectivity index is 1.65. The quantitative estimate of drug-likeness (QED) is 0.404. The Morgan fingerprint density at radius 2 is 1.85 bits per heavy atom. The lowest BCUT2D eigenvalue weighted by molar-refractivity contribution is -0.123. The van der Waals surface area contributed by atoms with Crippen LogP contribution in [-0.4, -0.2) is 34.5 Å². The van der Waals surface area contributed by atoms with Gasteiger partial charge in [-0.05, 0) is 79.7 Å². The van der Waals surface area contributed by atoms with Gasteiger partial charge in [-0.15, -0.1) is 0 Å². The summed E-state index contributed by atoms with van der Waals surface area (Å²) in [6.07, 6.45) is 3.41. The minimum absolute atomic E-state index is 0.0155. The summed E-state index contributed by atoms with van der Waals surface area (Å²) in [6.45, 7) is 7.98. The van der Waals surface area contributed by atoms with Crippen LogP contribution in [0.4, 0.5) is 14.5 Å². The molecule has 1 saturated heterocycles. The number of Topliss-reactive ketones (excluding diaryl/α,β-unsaturated/α-hetero) is 1. The van der Waals surface area contributed by atoms with E-state index in [2.05, 4.69) is 31.4 Å². The van der Waals surface area contributed by atoms with Crippen molar-refractivity contribution in [3.05, 3.63) is 64.2 Å². The van der Waals surface area contributed by atoms with E-state index < -0.39 is 40.7 Å². The summed E-state index contributed by atoms with van der Waals surface area (Å²) in [7, 11) is 0. The van der Waals surface area contributed by atoms with Gasteiger partial charge in [0.2, 0.25) is 5.91 Å². The Kier molecular flexibility index (Phi) is 7.18. The van der Waals surface area contributed by atoms with E-state index in [-0.39, 0.29) is 35.0 Å². The molecule has 210 valence electrons. The first-order valence-electron chi connectivity index (χ1n) is 13.8. The fourth-order valence-corrected chi connectivity index (χ4v) is 7.29. The van der Waals surface area contributed by atoms with Crippen LogP contribution in [0.15, 0.2) is 36.4 Å². The van der Waals surface area contributed by atoms with Crippen molar-refractivity contribution in [2.75, 3.05) is 5.32 Å². The van der Waals surface area contributed by atoms with Crippen LogP contribution in [0.1, 0.15) is 83.3 Å². The Morgan fingerprint density at radius 1 is 1.15 bits per heavy atom. The van der Waals surface area contributed by atoms with Crippen molar-refractivity contribution >= 4 is 29.0 Å². The third kappa shape index (κ3) is 5.02. The number of amides is 1. The van der Waals surface area contributed by atoms with E-state index in [1.807, 2.05) is 6.92 Å². The summed E-state index contributed by atoms with van der Waals surface area (Å²) >= 11 is 6.27. The van der Waals surface area contributed by atoms with Gasteiger partial charge in [0.15, 0.2) is 17.4 Å². The van der Waals surface area contributed by atoms with Gasteiger partial charge >= 0.3 is 0 Å². The minimum Gasteiger partial charge on any atom is -0.390 e. The van der Waals surface area contributed by atoms with Gasteiger partial charge in [0.05, 0.1) is 11.6 Å². The Morgan fingerprint density at radius 3 is 2.51 bits per heavy atom. The van der Waals surface area contributed by atoms with Gasteiger partial charge in [0.1, 0.15) is 5.41 Å². The second kappa shape index (κ2) is 9.93. The highest BCUT2D eigenvalue weighted by Crippen LogP contribution is 2.57. The van der Waals surface area contributed by atoms with Crippen LogP contribution in [0.2, 0.25) is 5.02 Å². The zero-order valence-electron chi connectivity index (χ0n) is 22.9. The van der Waals surface area contributed by atoms with Gasteiger partial charge in [-0.1, -0.05) is 50.6 Å². The third-order valence-electron chi connectivity index (χ3n) is 8.96. The van der Waals surface area contributed by atoms with Crippen LogP contribution in [-0.2, 0) is 15.0 Å². The van der Waals surface area contributed by atoms with Crippen LogP contribution in [0.25, 0.3) is 0 Å². The van der Waals surface area contributed by atoms with Gasteiger partial charge in [-0.3, -0.25) is 9.59 Å². The number of fused-ring (bicyclic) bond motifs is 2. The van der Waals surface area contributed by atoms with E-state index in [1.54, 1.807) is 18.2 Å². The average Bonchev–Trinajstić information content (AvgIpc) is 3.31. The molecule has 3 aliphatic rings. The molecule has 8 heteroatoms. The molecule has 5 rings (SSSR count). The molecule has 2 fully saturated rings. The Labute approximate surface area is 233 Å². The minimum atomic E-state index is -1.35. The van der Waals surface area contributed by atoms with Gasteiger partial charge in [0.25, 0.3) is 0 Å². The first-order valence-corrected chi connectivity index (χ1v) is 14.2. The number of halogens is 3. The number of nitrogens with one attached hydrogen (secondary N) is 2. The molecule has 5 nitrogen and oxygen atoms in total. The predicted octanol–water partition coefficient (Wildman–Crippen LogP) is 6.27. The first kappa shape index (κ1) is 28.2. The van der Waals surface area contributed by atoms with E-state index in [0.717, 1.165) is 6.07 Å². The number of benzene rings is 2. The molecule has 39 heavy (non-hydrogen) atoms. The highest BCUT2D eigenvalue weighted by atomic mass is 35.5. The zero-order valence-corrected chi connectivity index (χ0v) is 23.7. The SMILES string of the molecule is CC(C)(C)C[C@@H]1N[C@@H](C(=O)CC2CCC(C)(O)CC2)[C@H](c2cccc(F)c2F)[C@]12C(=O)Nc1cc(Cl)ccc12. The number of carbonyl (C=O) groups is 2. The molecule has 2 aromatic carbocycles. The number of rotatable bonds is 5. The number of hydrogen-bond donors (Lipinski definition) is 3. The third-order valence-corrected chi connectivity index (χ3v) is 9.19. The Hall–Kier alpha value is -2.35. The molecule has 1 aliphatic carbocycles. The fourth-order valence-electron chi connectivity index (χ4n) is 7.12. The first-order chi connectivity index (χ1) is 18.2. The lowest BCUT2D eigenvalue weighted by Crippen LogP contribution is -2.49. The lowest BCUT2D eigenvalue weighted by Gasteiger charge is -2.38. The molecule has 2 aliphatic heterocycles. The topological polar surface area (TPSA) is 78.4 Å². The summed E-state index contributed by atoms with van der Waals surface area (Å²) < 4.78 is 30.3. The number of hydrogen-bond acceptors (Lipinski definition) is 4. The summed E-state index contributed by atoms with van der Waals surface area (Å²) in [5.41, 5.74) is -1.14. The Bertz CT molecular complexity index is 1300. The highest BCUT2D eigenvalue weighted by molar-refractivity contribution is 6.31. The molecule has 2 heterocycles. The van der Waals surface area contributed by atoms with E-state index in [0.29, 0.717) is 48.4 Å².